The van der Waals surface area contributed by atoms with Crippen LogP contribution in [0.15, 0.2) is 42.5 Å². The number of hydrogen-bond donors (Lipinski definition) is 0. The van der Waals surface area contributed by atoms with Crippen LogP contribution in [0.5, 0.6) is 0 Å². The number of nitrogens with zero attached hydrogens (tertiary/aromatic N) is 2. The number of carbonyl (C=O) groups is 2. The van der Waals surface area contributed by atoms with Crippen LogP contribution in [0.25, 0.3) is 0 Å². The molecule has 0 radical (unpaired) electrons. The second kappa shape index (κ2) is 6.36. The van der Waals surface area contributed by atoms with E-state index in [1.165, 1.54) is 5.56 Å². The van der Waals surface area contributed by atoms with Crippen LogP contribution in [-0.4, -0.2) is 41.2 Å². The van der Waals surface area contributed by atoms with Crippen LogP contribution in [0.4, 0.5) is 0 Å². The van der Waals surface area contributed by atoms with E-state index >= 15 is 0 Å². The molecule has 1 saturated heterocycles. The van der Waals surface area contributed by atoms with Gasteiger partial charge in [0, 0.05) is 28.7 Å². The van der Waals surface area contributed by atoms with Crippen LogP contribution in [0.3, 0.4) is 0 Å². The van der Waals surface area contributed by atoms with Crippen molar-refractivity contribution in [1.82, 2.24) is 9.80 Å². The smallest absolute Gasteiger partial charge is 0.254 e. The molecule has 6 heteroatoms. The van der Waals surface area contributed by atoms with Crippen molar-refractivity contribution in [2.75, 3.05) is 19.6 Å². The zero-order valence-corrected chi connectivity index (χ0v) is 14.9. The minimum Gasteiger partial charge on any atom is -0.332 e. The van der Waals surface area contributed by atoms with Gasteiger partial charge in [-0.25, -0.2) is 0 Å². The summed E-state index contributed by atoms with van der Waals surface area (Å²) in [5.41, 5.74) is 2.72. The van der Waals surface area contributed by atoms with Crippen molar-refractivity contribution < 1.29 is 9.59 Å². The van der Waals surface area contributed by atoms with Crippen LogP contribution in [0, 0.1) is 0 Å². The van der Waals surface area contributed by atoms with Crippen LogP contribution in [-0.2, 0) is 11.2 Å². The second-order valence-corrected chi connectivity index (χ2v) is 7.26. The highest BCUT2D eigenvalue weighted by molar-refractivity contribution is 6.31. The highest BCUT2D eigenvalue weighted by Gasteiger charge is 2.38. The molecule has 1 fully saturated rings. The Bertz CT molecular complexity index is 868. The standard InChI is InChI=1S/C19H16Cl2N2O2/c20-14-3-1-2-13(8-14)19(25)22-10-17-16-9-15(21)5-4-12(16)6-7-23(17)18(24)11-22/h1-5,8-9,17H,6-7,10-11H2. The third kappa shape index (κ3) is 3.00. The molecule has 128 valence electrons. The van der Waals surface area contributed by atoms with E-state index in [1.54, 1.807) is 29.2 Å². The lowest BCUT2D eigenvalue weighted by Crippen LogP contribution is -2.55. The molecule has 2 aliphatic heterocycles. The van der Waals surface area contributed by atoms with Crippen molar-refractivity contribution in [3.63, 3.8) is 0 Å². The molecule has 0 saturated carbocycles. The Kier molecular flexibility index (Phi) is 4.18. The van der Waals surface area contributed by atoms with Crippen molar-refractivity contribution in [2.45, 2.75) is 12.5 Å². The number of carbonyl (C=O) groups excluding carboxylic acids is 2. The number of hydrogen-bond acceptors (Lipinski definition) is 2. The number of piperazine rings is 1. The van der Waals surface area contributed by atoms with Crippen molar-refractivity contribution in [1.29, 1.82) is 0 Å². The molecule has 4 nitrogen and oxygen atoms in total. The molecule has 25 heavy (non-hydrogen) atoms. The fourth-order valence-electron chi connectivity index (χ4n) is 3.65. The van der Waals surface area contributed by atoms with Gasteiger partial charge in [-0.2, -0.15) is 0 Å². The fraction of sp³-hybridized carbons (Fsp3) is 0.263. The molecule has 0 aliphatic carbocycles. The van der Waals surface area contributed by atoms with Crippen molar-refractivity contribution in [3.05, 3.63) is 69.2 Å². The number of halogens is 2. The Labute approximate surface area is 155 Å². The highest BCUT2D eigenvalue weighted by atomic mass is 35.5. The maximum atomic E-state index is 12.8. The number of benzene rings is 2. The molecule has 0 N–H and O–H groups in total. The van der Waals surface area contributed by atoms with E-state index in [4.69, 9.17) is 23.2 Å². The lowest BCUT2D eigenvalue weighted by atomic mass is 9.90. The molecule has 2 amide bonds. The number of amides is 2. The molecule has 2 aliphatic rings. The van der Waals surface area contributed by atoms with Crippen LogP contribution < -0.4 is 0 Å². The van der Waals surface area contributed by atoms with Gasteiger partial charge in [0.25, 0.3) is 5.91 Å². The molecular weight excluding hydrogens is 359 g/mol. The minimum absolute atomic E-state index is 0.0303. The van der Waals surface area contributed by atoms with Crippen molar-refractivity contribution >= 4 is 35.0 Å². The molecule has 2 aromatic carbocycles. The third-order valence-electron chi connectivity index (χ3n) is 4.86. The maximum absolute atomic E-state index is 12.8. The molecule has 4 rings (SSSR count). The lowest BCUT2D eigenvalue weighted by molar-refractivity contribution is -0.139. The first-order valence-corrected chi connectivity index (χ1v) is 8.91. The molecule has 1 unspecified atom stereocenters. The summed E-state index contributed by atoms with van der Waals surface area (Å²) >= 11 is 12.1. The van der Waals surface area contributed by atoms with Crippen molar-refractivity contribution in [2.24, 2.45) is 0 Å². The monoisotopic (exact) mass is 374 g/mol. The van der Waals surface area contributed by atoms with Gasteiger partial charge >= 0.3 is 0 Å². The maximum Gasteiger partial charge on any atom is 0.254 e. The largest absolute Gasteiger partial charge is 0.332 e. The Morgan fingerprint density at radius 1 is 1.08 bits per heavy atom. The molecule has 0 spiro atoms. The minimum atomic E-state index is -0.176. The van der Waals surface area contributed by atoms with Gasteiger partial charge < -0.3 is 9.80 Å². The van der Waals surface area contributed by atoms with Crippen LogP contribution >= 0.6 is 23.2 Å². The predicted molar refractivity (Wildman–Crippen MR) is 97.0 cm³/mol. The summed E-state index contributed by atoms with van der Waals surface area (Å²) in [7, 11) is 0. The zero-order chi connectivity index (χ0) is 17.6. The van der Waals surface area contributed by atoms with Gasteiger partial charge in [-0.3, -0.25) is 9.59 Å². The number of rotatable bonds is 1. The quantitative estimate of drug-likeness (QED) is 0.765. The van der Waals surface area contributed by atoms with Gasteiger partial charge in [-0.1, -0.05) is 35.3 Å². The van der Waals surface area contributed by atoms with E-state index in [9.17, 15) is 9.59 Å². The first-order valence-electron chi connectivity index (χ1n) is 8.15. The summed E-state index contributed by atoms with van der Waals surface area (Å²) in [6.45, 7) is 1.24. The van der Waals surface area contributed by atoms with Gasteiger partial charge in [0.2, 0.25) is 5.91 Å². The van der Waals surface area contributed by atoms with E-state index in [0.29, 0.717) is 28.7 Å². The van der Waals surface area contributed by atoms with E-state index in [1.807, 2.05) is 23.1 Å². The van der Waals surface area contributed by atoms with E-state index in [0.717, 1.165) is 12.0 Å². The summed E-state index contributed by atoms with van der Waals surface area (Å²) in [5, 5.41) is 1.15. The molecule has 2 aromatic rings. The summed E-state index contributed by atoms with van der Waals surface area (Å²) in [6.07, 6.45) is 0.816. The van der Waals surface area contributed by atoms with E-state index in [-0.39, 0.29) is 24.4 Å². The third-order valence-corrected chi connectivity index (χ3v) is 5.33. The molecule has 1 atom stereocenters. The fourth-order valence-corrected chi connectivity index (χ4v) is 4.02. The van der Waals surface area contributed by atoms with Gasteiger partial charge in [0.15, 0.2) is 0 Å². The summed E-state index contributed by atoms with van der Waals surface area (Å²) in [5.74, 6) is -0.207. The first-order chi connectivity index (χ1) is 12.0. The molecule has 0 aromatic heterocycles. The Morgan fingerprint density at radius 3 is 2.68 bits per heavy atom. The lowest BCUT2D eigenvalue weighted by Gasteiger charge is -2.44. The Morgan fingerprint density at radius 2 is 1.88 bits per heavy atom. The molecule has 0 bridgehead atoms. The second-order valence-electron chi connectivity index (χ2n) is 6.39. The van der Waals surface area contributed by atoms with E-state index < -0.39 is 0 Å². The topological polar surface area (TPSA) is 40.6 Å². The van der Waals surface area contributed by atoms with Crippen LogP contribution in [0.2, 0.25) is 10.0 Å². The Hall–Kier alpha value is -2.04. The zero-order valence-electron chi connectivity index (χ0n) is 13.4. The predicted octanol–water partition coefficient (Wildman–Crippen LogP) is 3.58. The van der Waals surface area contributed by atoms with Gasteiger partial charge in [0.1, 0.15) is 6.54 Å². The van der Waals surface area contributed by atoms with Gasteiger partial charge in [0.05, 0.1) is 6.04 Å². The summed E-state index contributed by atoms with van der Waals surface area (Å²) < 4.78 is 0. The van der Waals surface area contributed by atoms with Crippen LogP contribution in [0.1, 0.15) is 27.5 Å². The molecule has 2 heterocycles. The summed E-state index contributed by atoms with van der Waals surface area (Å²) in [4.78, 5) is 28.9. The van der Waals surface area contributed by atoms with E-state index in [2.05, 4.69) is 0 Å². The average Bonchev–Trinajstić information content (AvgIpc) is 2.61. The Balaban J connectivity index is 1.66. The average molecular weight is 375 g/mol. The van der Waals surface area contributed by atoms with Crippen molar-refractivity contribution in [3.8, 4) is 0 Å². The summed E-state index contributed by atoms with van der Waals surface area (Å²) in [6, 6.07) is 12.5. The van der Waals surface area contributed by atoms with Gasteiger partial charge in [-0.05, 0) is 47.9 Å². The number of fused-ring (bicyclic) bond motifs is 3. The normalized spacial score (nSPS) is 19.4. The molecular formula is C19H16Cl2N2O2. The highest BCUT2D eigenvalue weighted by Crippen LogP contribution is 2.35. The SMILES string of the molecule is O=C(c1cccc(Cl)c1)N1CC(=O)N2CCc3ccc(Cl)cc3C2C1. The van der Waals surface area contributed by atoms with Gasteiger partial charge in [-0.15, -0.1) is 0 Å². The first kappa shape index (κ1) is 16.4.